The lowest BCUT2D eigenvalue weighted by atomic mass is 9.64. The summed E-state index contributed by atoms with van der Waals surface area (Å²) in [7, 11) is 0. The number of rotatable bonds is 6. The Morgan fingerprint density at radius 3 is 2.37 bits per heavy atom. The number of nitrogens with one attached hydrogen (secondary N) is 1. The van der Waals surface area contributed by atoms with Crippen molar-refractivity contribution in [2.24, 2.45) is 11.3 Å². The van der Waals surface area contributed by atoms with Gasteiger partial charge in [-0.3, -0.25) is 0 Å². The summed E-state index contributed by atoms with van der Waals surface area (Å²) in [5, 5.41) is 11.7. The molecule has 19 heavy (non-hydrogen) atoms. The second kappa shape index (κ2) is 5.97. The molecule has 0 aromatic heterocycles. The SMILES string of the molecule is CC(C)COC1CC(NCC(O)C(F)(F)F)C1(C)C. The van der Waals surface area contributed by atoms with E-state index in [9.17, 15) is 13.2 Å². The van der Waals surface area contributed by atoms with Crippen molar-refractivity contribution >= 4 is 0 Å². The van der Waals surface area contributed by atoms with E-state index in [4.69, 9.17) is 9.84 Å². The van der Waals surface area contributed by atoms with Gasteiger partial charge in [-0.25, -0.2) is 0 Å². The van der Waals surface area contributed by atoms with E-state index in [2.05, 4.69) is 19.2 Å². The largest absolute Gasteiger partial charge is 0.415 e. The van der Waals surface area contributed by atoms with Crippen molar-refractivity contribution in [1.82, 2.24) is 5.32 Å². The number of aliphatic hydroxyl groups excluding tert-OH is 1. The van der Waals surface area contributed by atoms with Crippen molar-refractivity contribution in [3.05, 3.63) is 0 Å². The Labute approximate surface area is 112 Å². The molecule has 0 aromatic carbocycles. The van der Waals surface area contributed by atoms with Crippen LogP contribution in [0.25, 0.3) is 0 Å². The fraction of sp³-hybridized carbons (Fsp3) is 1.00. The summed E-state index contributed by atoms with van der Waals surface area (Å²) in [5.41, 5.74) is -0.208. The first kappa shape index (κ1) is 16.7. The summed E-state index contributed by atoms with van der Waals surface area (Å²) in [6, 6.07) is -0.0540. The molecule has 0 radical (unpaired) electrons. The molecule has 0 amide bonds. The van der Waals surface area contributed by atoms with Gasteiger partial charge in [0.1, 0.15) is 0 Å². The first-order valence-electron chi connectivity index (χ1n) is 6.65. The Hall–Kier alpha value is -0.330. The van der Waals surface area contributed by atoms with E-state index in [1.54, 1.807) is 0 Å². The predicted octanol–water partition coefficient (Wildman–Crippen LogP) is 2.34. The second-order valence-corrected chi connectivity index (χ2v) is 6.29. The minimum atomic E-state index is -4.56. The maximum absolute atomic E-state index is 12.2. The molecule has 0 heterocycles. The Morgan fingerprint density at radius 1 is 1.37 bits per heavy atom. The van der Waals surface area contributed by atoms with Crippen molar-refractivity contribution in [3.63, 3.8) is 0 Å². The summed E-state index contributed by atoms with van der Waals surface area (Å²) in [5.74, 6) is 0.440. The van der Waals surface area contributed by atoms with E-state index in [0.29, 0.717) is 18.9 Å². The van der Waals surface area contributed by atoms with E-state index in [-0.39, 0.29) is 17.6 Å². The summed E-state index contributed by atoms with van der Waals surface area (Å²) < 4.78 is 42.3. The van der Waals surface area contributed by atoms with E-state index < -0.39 is 18.8 Å². The highest BCUT2D eigenvalue weighted by Gasteiger charge is 2.49. The van der Waals surface area contributed by atoms with Gasteiger partial charge in [-0.2, -0.15) is 13.2 Å². The highest BCUT2D eigenvalue weighted by molar-refractivity contribution is 5.03. The van der Waals surface area contributed by atoms with Crippen LogP contribution in [0.1, 0.15) is 34.1 Å². The van der Waals surface area contributed by atoms with Crippen LogP contribution in [0, 0.1) is 11.3 Å². The number of hydrogen-bond acceptors (Lipinski definition) is 3. The van der Waals surface area contributed by atoms with Gasteiger partial charge in [-0.05, 0) is 12.3 Å². The van der Waals surface area contributed by atoms with Crippen molar-refractivity contribution in [2.75, 3.05) is 13.2 Å². The Bertz CT molecular complexity index is 292. The summed E-state index contributed by atoms with van der Waals surface area (Å²) in [4.78, 5) is 0. The topological polar surface area (TPSA) is 41.5 Å². The van der Waals surface area contributed by atoms with Gasteiger partial charge in [0.25, 0.3) is 0 Å². The van der Waals surface area contributed by atoms with Gasteiger partial charge in [-0.1, -0.05) is 27.7 Å². The highest BCUT2D eigenvalue weighted by Crippen LogP contribution is 2.43. The van der Waals surface area contributed by atoms with Gasteiger partial charge < -0.3 is 15.2 Å². The molecule has 0 spiro atoms. The zero-order chi connectivity index (χ0) is 14.8. The average molecular weight is 283 g/mol. The molecule has 3 unspecified atom stereocenters. The molecule has 0 bridgehead atoms. The zero-order valence-electron chi connectivity index (χ0n) is 11.9. The second-order valence-electron chi connectivity index (χ2n) is 6.29. The lowest BCUT2D eigenvalue weighted by molar-refractivity contribution is -0.204. The molecular weight excluding hydrogens is 259 g/mol. The van der Waals surface area contributed by atoms with Crippen molar-refractivity contribution < 1.29 is 23.0 Å². The molecule has 3 nitrogen and oxygen atoms in total. The van der Waals surface area contributed by atoms with Crippen LogP contribution in [-0.2, 0) is 4.74 Å². The molecule has 3 atom stereocenters. The maximum atomic E-state index is 12.2. The molecule has 114 valence electrons. The van der Waals surface area contributed by atoms with Gasteiger partial charge in [0.05, 0.1) is 6.10 Å². The molecule has 2 N–H and O–H groups in total. The van der Waals surface area contributed by atoms with Gasteiger partial charge >= 0.3 is 6.18 Å². The lowest BCUT2D eigenvalue weighted by Crippen LogP contribution is -2.62. The van der Waals surface area contributed by atoms with Crippen LogP contribution < -0.4 is 5.32 Å². The van der Waals surface area contributed by atoms with Gasteiger partial charge in [0.15, 0.2) is 6.10 Å². The van der Waals surface area contributed by atoms with Crippen LogP contribution in [0.3, 0.4) is 0 Å². The van der Waals surface area contributed by atoms with Crippen LogP contribution in [-0.4, -0.2) is 42.7 Å². The van der Waals surface area contributed by atoms with Crippen LogP contribution in [0.5, 0.6) is 0 Å². The quantitative estimate of drug-likeness (QED) is 0.786. The molecule has 0 aliphatic heterocycles. The molecule has 0 saturated heterocycles. The zero-order valence-corrected chi connectivity index (χ0v) is 11.9. The third-order valence-corrected chi connectivity index (χ3v) is 3.74. The fourth-order valence-electron chi connectivity index (χ4n) is 2.19. The third kappa shape index (κ3) is 4.33. The summed E-state index contributed by atoms with van der Waals surface area (Å²) in [6.45, 7) is 8.25. The van der Waals surface area contributed by atoms with Crippen molar-refractivity contribution in [1.29, 1.82) is 0 Å². The average Bonchev–Trinajstić information content (AvgIpc) is 2.24. The molecule has 0 aromatic rings. The molecule has 1 aliphatic carbocycles. The highest BCUT2D eigenvalue weighted by atomic mass is 19.4. The first-order chi connectivity index (χ1) is 8.55. The molecule has 1 fully saturated rings. The minimum absolute atomic E-state index is 0.0540. The standard InChI is InChI=1S/C13H24F3NO2/c1-8(2)7-19-11-5-9(12(11,3)4)17-6-10(18)13(14,15)16/h8-11,17-18H,5-7H2,1-4H3. The molecular formula is C13H24F3NO2. The summed E-state index contributed by atoms with van der Waals surface area (Å²) in [6.07, 6.45) is -6.12. The first-order valence-corrected chi connectivity index (χ1v) is 6.65. The normalized spacial score (nSPS) is 28.3. The number of hydrogen-bond donors (Lipinski definition) is 2. The molecule has 1 saturated carbocycles. The van der Waals surface area contributed by atoms with Crippen LogP contribution in [0.15, 0.2) is 0 Å². The van der Waals surface area contributed by atoms with Gasteiger partial charge in [0, 0.05) is 24.6 Å². The number of alkyl halides is 3. The van der Waals surface area contributed by atoms with E-state index in [1.165, 1.54) is 0 Å². The van der Waals surface area contributed by atoms with E-state index in [1.807, 2.05) is 13.8 Å². The van der Waals surface area contributed by atoms with Gasteiger partial charge in [0.2, 0.25) is 0 Å². The number of halogens is 3. The fourth-order valence-corrected chi connectivity index (χ4v) is 2.19. The van der Waals surface area contributed by atoms with Crippen LogP contribution in [0.4, 0.5) is 13.2 Å². The minimum Gasteiger partial charge on any atom is -0.382 e. The van der Waals surface area contributed by atoms with Crippen LogP contribution in [0.2, 0.25) is 0 Å². The predicted molar refractivity (Wildman–Crippen MR) is 66.8 cm³/mol. The van der Waals surface area contributed by atoms with Crippen LogP contribution >= 0.6 is 0 Å². The van der Waals surface area contributed by atoms with Crippen molar-refractivity contribution in [3.8, 4) is 0 Å². The van der Waals surface area contributed by atoms with Gasteiger partial charge in [-0.15, -0.1) is 0 Å². The Morgan fingerprint density at radius 2 is 1.95 bits per heavy atom. The number of aliphatic hydroxyl groups is 1. The Kier molecular flexibility index (Phi) is 5.26. The smallest absolute Gasteiger partial charge is 0.382 e. The maximum Gasteiger partial charge on any atom is 0.415 e. The third-order valence-electron chi connectivity index (χ3n) is 3.74. The monoisotopic (exact) mass is 283 g/mol. The van der Waals surface area contributed by atoms with E-state index in [0.717, 1.165) is 0 Å². The Balaban J connectivity index is 2.35. The molecule has 1 rings (SSSR count). The number of ether oxygens (including phenoxy) is 1. The van der Waals surface area contributed by atoms with E-state index >= 15 is 0 Å². The lowest BCUT2D eigenvalue weighted by Gasteiger charge is -2.52. The molecule has 6 heteroatoms. The molecule has 1 aliphatic rings. The summed E-state index contributed by atoms with van der Waals surface area (Å²) >= 11 is 0. The van der Waals surface area contributed by atoms with Crippen molar-refractivity contribution in [2.45, 2.75) is 58.5 Å².